The van der Waals surface area contributed by atoms with Gasteiger partial charge in [0, 0.05) is 17.8 Å². The van der Waals surface area contributed by atoms with E-state index in [4.69, 9.17) is 35.1 Å². The molecule has 2 heterocycles. The van der Waals surface area contributed by atoms with E-state index >= 15 is 0 Å². The van der Waals surface area contributed by atoms with Gasteiger partial charge in [-0.25, -0.2) is 9.97 Å². The van der Waals surface area contributed by atoms with Crippen molar-refractivity contribution in [1.82, 2.24) is 9.97 Å². The van der Waals surface area contributed by atoms with E-state index in [1.807, 2.05) is 0 Å². The summed E-state index contributed by atoms with van der Waals surface area (Å²) < 4.78 is 0. The molecule has 0 fully saturated rings. The highest BCUT2D eigenvalue weighted by molar-refractivity contribution is 6.60. The van der Waals surface area contributed by atoms with E-state index in [-0.39, 0.29) is 0 Å². The van der Waals surface area contributed by atoms with E-state index in [0.29, 0.717) is 11.0 Å². The van der Waals surface area contributed by atoms with Gasteiger partial charge in [0.15, 0.2) is 0 Å². The summed E-state index contributed by atoms with van der Waals surface area (Å²) in [6, 6.07) is 3.52. The van der Waals surface area contributed by atoms with Crippen molar-refractivity contribution in [1.29, 1.82) is 0 Å². The van der Waals surface area contributed by atoms with Gasteiger partial charge in [-0.3, -0.25) is 0 Å². The number of hydrogen-bond acceptors (Lipinski definition) is 3. The fourth-order valence-corrected chi connectivity index (χ4v) is 1.51. The Balaban J connectivity index is 2.54. The molecule has 7 heteroatoms. The maximum atomic E-state index is 5.78. The molecule has 0 aliphatic rings. The minimum Gasteiger partial charge on any atom is -0.389 e. The lowest BCUT2D eigenvalue weighted by Gasteiger charge is -2.23. The summed E-state index contributed by atoms with van der Waals surface area (Å²) in [6.07, 6.45) is 3.19. The SMILES string of the molecule is [B]C([B])([B])Nc1nccc2cc(Cl)ncc12. The molecule has 1 N–H and O–H groups in total. The molecular weight excluding hydrogens is 218 g/mol. The molecule has 0 aromatic carbocycles. The second-order valence-corrected chi connectivity index (χ2v) is 3.83. The molecule has 0 spiro atoms. The Hall–Kier alpha value is -1.16. The van der Waals surface area contributed by atoms with Crippen molar-refractivity contribution in [3.05, 3.63) is 29.7 Å². The van der Waals surface area contributed by atoms with Gasteiger partial charge in [0.1, 0.15) is 11.0 Å². The fraction of sp³-hybridized carbons (Fsp3) is 0.111. The van der Waals surface area contributed by atoms with Gasteiger partial charge < -0.3 is 5.32 Å². The summed E-state index contributed by atoms with van der Waals surface area (Å²) in [6.45, 7) is 0. The Morgan fingerprint density at radius 2 is 2.00 bits per heavy atom. The average Bonchev–Trinajstić information content (AvgIpc) is 2.15. The molecule has 0 atom stereocenters. The van der Waals surface area contributed by atoms with Crippen LogP contribution in [0.5, 0.6) is 0 Å². The van der Waals surface area contributed by atoms with Crippen molar-refractivity contribution in [2.24, 2.45) is 0 Å². The Labute approximate surface area is 102 Å². The van der Waals surface area contributed by atoms with E-state index in [1.165, 1.54) is 0 Å². The molecule has 2 aromatic rings. The molecule has 2 aromatic heterocycles. The van der Waals surface area contributed by atoms with Crippen LogP contribution in [0.4, 0.5) is 5.82 Å². The van der Waals surface area contributed by atoms with Gasteiger partial charge in [-0.05, 0) is 17.5 Å². The van der Waals surface area contributed by atoms with Crippen LogP contribution in [0.2, 0.25) is 5.15 Å². The van der Waals surface area contributed by atoms with E-state index in [1.54, 1.807) is 24.5 Å². The summed E-state index contributed by atoms with van der Waals surface area (Å²) in [5, 5.41) is 3.19. The van der Waals surface area contributed by atoms with Gasteiger partial charge in [-0.2, -0.15) is 0 Å². The number of rotatable bonds is 2. The predicted octanol–water partition coefficient (Wildman–Crippen LogP) is 0.812. The first kappa shape index (κ1) is 11.3. The molecule has 0 aliphatic heterocycles. The topological polar surface area (TPSA) is 37.8 Å². The van der Waals surface area contributed by atoms with Crippen LogP contribution >= 0.6 is 11.6 Å². The first-order chi connectivity index (χ1) is 7.46. The largest absolute Gasteiger partial charge is 0.389 e. The maximum absolute atomic E-state index is 5.78. The molecule has 0 aliphatic carbocycles. The van der Waals surface area contributed by atoms with Crippen LogP contribution in [0, 0.1) is 0 Å². The molecule has 72 valence electrons. The number of fused-ring (bicyclic) bond motifs is 1. The molecule has 0 amide bonds. The minimum absolute atomic E-state index is 0.407. The smallest absolute Gasteiger partial charge is 0.133 e. The third-order valence-electron chi connectivity index (χ3n) is 1.95. The monoisotopic (exact) mass is 223 g/mol. The van der Waals surface area contributed by atoms with Gasteiger partial charge >= 0.3 is 0 Å². The van der Waals surface area contributed by atoms with Gasteiger partial charge in [0.05, 0.1) is 23.5 Å². The molecular formula is C9H5B3ClN3. The van der Waals surface area contributed by atoms with E-state index < -0.39 is 5.24 Å². The zero-order valence-corrected chi connectivity index (χ0v) is 9.07. The first-order valence-corrected chi connectivity index (χ1v) is 4.88. The second kappa shape index (κ2) is 4.02. The molecule has 3 nitrogen and oxygen atoms in total. The van der Waals surface area contributed by atoms with Crippen LogP contribution in [0.25, 0.3) is 10.8 Å². The normalized spacial score (nSPS) is 11.6. The third kappa shape index (κ3) is 2.50. The minimum atomic E-state index is -1.53. The lowest BCUT2D eigenvalue weighted by Crippen LogP contribution is -2.40. The second-order valence-electron chi connectivity index (χ2n) is 3.45. The molecule has 0 unspecified atom stereocenters. The summed E-state index contributed by atoms with van der Waals surface area (Å²) in [7, 11) is 16.3. The standard InChI is InChI=1S/C9H5B3ClN3/c10-9(11,12)16-8-6-4-15-7(13)3-5(6)1-2-14-8/h1-4H,(H,14,16). The van der Waals surface area contributed by atoms with Crippen LogP contribution in [-0.2, 0) is 0 Å². The summed E-state index contributed by atoms with van der Waals surface area (Å²) in [5.74, 6) is 0.467. The molecule has 0 saturated heterocycles. The number of anilines is 1. The molecule has 0 saturated carbocycles. The average molecular weight is 223 g/mol. The van der Waals surface area contributed by atoms with Crippen molar-refractivity contribution in [3.8, 4) is 0 Å². The molecule has 16 heavy (non-hydrogen) atoms. The Morgan fingerprint density at radius 1 is 1.25 bits per heavy atom. The fourth-order valence-electron chi connectivity index (χ4n) is 1.35. The molecule has 6 radical (unpaired) electrons. The van der Waals surface area contributed by atoms with Gasteiger partial charge in [0.2, 0.25) is 0 Å². The van der Waals surface area contributed by atoms with E-state index in [2.05, 4.69) is 15.3 Å². The maximum Gasteiger partial charge on any atom is 0.133 e. The zero-order chi connectivity index (χ0) is 11.8. The van der Waals surface area contributed by atoms with E-state index in [0.717, 1.165) is 10.8 Å². The number of aromatic nitrogens is 2. The highest BCUT2D eigenvalue weighted by atomic mass is 35.5. The number of halogens is 1. The summed E-state index contributed by atoms with van der Waals surface area (Å²) >= 11 is 5.78. The van der Waals surface area contributed by atoms with Crippen LogP contribution in [0.3, 0.4) is 0 Å². The number of hydrogen-bond donors (Lipinski definition) is 1. The number of pyridine rings is 2. The Bertz CT molecular complexity index is 527. The van der Waals surface area contributed by atoms with Crippen LogP contribution in [0.1, 0.15) is 0 Å². The van der Waals surface area contributed by atoms with E-state index in [9.17, 15) is 0 Å². The van der Waals surface area contributed by atoms with Crippen molar-refractivity contribution >= 4 is 51.7 Å². The van der Waals surface area contributed by atoms with Crippen molar-refractivity contribution in [3.63, 3.8) is 0 Å². The quantitative estimate of drug-likeness (QED) is 0.604. The zero-order valence-electron chi connectivity index (χ0n) is 8.31. The van der Waals surface area contributed by atoms with Crippen molar-refractivity contribution in [2.75, 3.05) is 5.32 Å². The number of nitrogens with one attached hydrogen (secondary N) is 1. The number of nitrogens with zero attached hydrogens (tertiary/aromatic N) is 2. The third-order valence-corrected chi connectivity index (χ3v) is 2.16. The summed E-state index contributed by atoms with van der Waals surface area (Å²) in [5.41, 5.74) is 0. The predicted molar refractivity (Wildman–Crippen MR) is 68.2 cm³/mol. The van der Waals surface area contributed by atoms with Gasteiger partial charge in [0.25, 0.3) is 0 Å². The molecule has 2 rings (SSSR count). The van der Waals surface area contributed by atoms with Crippen LogP contribution < -0.4 is 5.32 Å². The van der Waals surface area contributed by atoms with Crippen LogP contribution in [0.15, 0.2) is 24.5 Å². The van der Waals surface area contributed by atoms with Gasteiger partial charge in [-0.15, -0.1) is 0 Å². The lowest BCUT2D eigenvalue weighted by molar-refractivity contribution is 1.19. The van der Waals surface area contributed by atoms with Crippen molar-refractivity contribution in [2.45, 2.75) is 5.24 Å². The van der Waals surface area contributed by atoms with Crippen LogP contribution in [-0.4, -0.2) is 38.7 Å². The lowest BCUT2D eigenvalue weighted by atomic mass is 9.49. The molecule has 0 bridgehead atoms. The Kier molecular flexibility index (Phi) is 2.85. The summed E-state index contributed by atoms with van der Waals surface area (Å²) in [4.78, 5) is 8.05. The first-order valence-electron chi connectivity index (χ1n) is 4.51. The van der Waals surface area contributed by atoms with Gasteiger partial charge in [-0.1, -0.05) is 16.8 Å². The Morgan fingerprint density at radius 3 is 2.69 bits per heavy atom. The highest BCUT2D eigenvalue weighted by Crippen LogP contribution is 2.23. The van der Waals surface area contributed by atoms with Crippen molar-refractivity contribution < 1.29 is 0 Å². The highest BCUT2D eigenvalue weighted by Gasteiger charge is 2.11.